The molecule has 0 bridgehead atoms. The fraction of sp³-hybridized carbons (Fsp3) is 0.231. The van der Waals surface area contributed by atoms with Gasteiger partial charge in [-0.1, -0.05) is 0 Å². The van der Waals surface area contributed by atoms with Gasteiger partial charge >= 0.3 is 0 Å². The number of rotatable bonds is 5. The van der Waals surface area contributed by atoms with Gasteiger partial charge in [-0.05, 0) is 19.1 Å². The van der Waals surface area contributed by atoms with Crippen LogP contribution >= 0.6 is 0 Å². The standard InChI is InChI=1S/C13H13FN2O4/c1-8(12-4-3-5-20-12)15-10-7-13(19-2)9(14)6-11(10)16(17)18/h3-8,15H,1-2H3. The van der Waals surface area contributed by atoms with Crippen LogP contribution in [-0.4, -0.2) is 12.0 Å². The number of methoxy groups -OCH3 is 1. The van der Waals surface area contributed by atoms with E-state index in [1.807, 2.05) is 0 Å². The van der Waals surface area contributed by atoms with Crippen molar-refractivity contribution in [2.24, 2.45) is 0 Å². The molecule has 0 amide bonds. The topological polar surface area (TPSA) is 77.5 Å². The second-order valence-corrected chi connectivity index (χ2v) is 4.14. The summed E-state index contributed by atoms with van der Waals surface area (Å²) in [5, 5.41) is 13.9. The van der Waals surface area contributed by atoms with Crippen LogP contribution in [0.4, 0.5) is 15.8 Å². The Labute approximate surface area is 114 Å². The third-order valence-corrected chi connectivity index (χ3v) is 2.81. The summed E-state index contributed by atoms with van der Waals surface area (Å²) in [6, 6.07) is 5.24. The molecule has 0 saturated carbocycles. The van der Waals surface area contributed by atoms with Crippen molar-refractivity contribution in [3.63, 3.8) is 0 Å². The Morgan fingerprint density at radius 3 is 2.80 bits per heavy atom. The van der Waals surface area contributed by atoms with Crippen LogP contribution in [0.5, 0.6) is 5.75 Å². The number of furan rings is 1. The molecule has 2 rings (SSSR count). The van der Waals surface area contributed by atoms with E-state index >= 15 is 0 Å². The summed E-state index contributed by atoms with van der Waals surface area (Å²) in [6.07, 6.45) is 1.51. The number of nitrogens with zero attached hydrogens (tertiary/aromatic N) is 1. The number of nitro benzene ring substituents is 1. The first-order valence-electron chi connectivity index (χ1n) is 5.84. The first-order valence-corrected chi connectivity index (χ1v) is 5.84. The van der Waals surface area contributed by atoms with E-state index in [2.05, 4.69) is 5.32 Å². The maximum atomic E-state index is 13.5. The van der Waals surface area contributed by atoms with Gasteiger partial charge in [0.2, 0.25) is 0 Å². The molecule has 1 unspecified atom stereocenters. The molecule has 1 aromatic carbocycles. The Balaban J connectivity index is 2.36. The molecule has 1 N–H and O–H groups in total. The maximum Gasteiger partial charge on any atom is 0.295 e. The maximum absolute atomic E-state index is 13.5. The number of halogens is 1. The third kappa shape index (κ3) is 2.71. The molecular formula is C13H13FN2O4. The minimum Gasteiger partial charge on any atom is -0.494 e. The van der Waals surface area contributed by atoms with E-state index in [-0.39, 0.29) is 23.2 Å². The van der Waals surface area contributed by atoms with E-state index in [4.69, 9.17) is 9.15 Å². The summed E-state index contributed by atoms with van der Waals surface area (Å²) in [7, 11) is 1.30. The number of ether oxygens (including phenoxy) is 1. The zero-order chi connectivity index (χ0) is 14.7. The summed E-state index contributed by atoms with van der Waals surface area (Å²) in [5.41, 5.74) is -0.196. The van der Waals surface area contributed by atoms with Crippen LogP contribution in [0, 0.1) is 15.9 Å². The molecule has 0 spiro atoms. The van der Waals surface area contributed by atoms with E-state index in [0.717, 1.165) is 6.07 Å². The molecule has 0 radical (unpaired) electrons. The molecule has 0 aliphatic rings. The van der Waals surface area contributed by atoms with Crippen molar-refractivity contribution in [2.75, 3.05) is 12.4 Å². The number of hydrogen-bond donors (Lipinski definition) is 1. The Morgan fingerprint density at radius 1 is 1.50 bits per heavy atom. The van der Waals surface area contributed by atoms with Gasteiger partial charge in [0.1, 0.15) is 11.4 Å². The Morgan fingerprint density at radius 2 is 2.25 bits per heavy atom. The van der Waals surface area contributed by atoms with E-state index in [0.29, 0.717) is 5.76 Å². The molecule has 0 aliphatic heterocycles. The molecule has 0 saturated heterocycles. The van der Waals surface area contributed by atoms with Gasteiger partial charge in [-0.25, -0.2) is 4.39 Å². The number of anilines is 1. The van der Waals surface area contributed by atoms with Gasteiger partial charge in [0.05, 0.1) is 30.4 Å². The second kappa shape index (κ2) is 5.60. The Bertz CT molecular complexity index is 613. The van der Waals surface area contributed by atoms with Crippen molar-refractivity contribution >= 4 is 11.4 Å². The first-order chi connectivity index (χ1) is 9.52. The number of benzene rings is 1. The van der Waals surface area contributed by atoms with Gasteiger partial charge in [-0.2, -0.15) is 0 Å². The van der Waals surface area contributed by atoms with Gasteiger partial charge < -0.3 is 14.5 Å². The van der Waals surface area contributed by atoms with Gasteiger partial charge in [0.15, 0.2) is 11.6 Å². The number of nitro groups is 1. The van der Waals surface area contributed by atoms with E-state index < -0.39 is 10.7 Å². The molecule has 1 heterocycles. The quantitative estimate of drug-likeness (QED) is 0.669. The molecule has 6 nitrogen and oxygen atoms in total. The van der Waals surface area contributed by atoms with Crippen molar-refractivity contribution < 1.29 is 18.5 Å². The van der Waals surface area contributed by atoms with Gasteiger partial charge in [-0.15, -0.1) is 0 Å². The van der Waals surface area contributed by atoms with Crippen molar-refractivity contribution in [3.05, 3.63) is 52.2 Å². The average Bonchev–Trinajstić information content (AvgIpc) is 2.94. The zero-order valence-electron chi connectivity index (χ0n) is 10.9. The average molecular weight is 280 g/mol. The molecule has 1 atom stereocenters. The number of nitrogens with one attached hydrogen (secondary N) is 1. The lowest BCUT2D eigenvalue weighted by Gasteiger charge is -2.14. The number of hydrogen-bond acceptors (Lipinski definition) is 5. The monoisotopic (exact) mass is 280 g/mol. The fourth-order valence-electron chi connectivity index (χ4n) is 1.81. The largest absolute Gasteiger partial charge is 0.494 e. The van der Waals surface area contributed by atoms with E-state index in [9.17, 15) is 14.5 Å². The van der Waals surface area contributed by atoms with Crippen molar-refractivity contribution in [1.82, 2.24) is 0 Å². The molecule has 1 aromatic heterocycles. The highest BCUT2D eigenvalue weighted by molar-refractivity contribution is 5.65. The highest BCUT2D eigenvalue weighted by Crippen LogP contribution is 2.34. The van der Waals surface area contributed by atoms with Crippen LogP contribution in [0.3, 0.4) is 0 Å². The van der Waals surface area contributed by atoms with Gasteiger partial charge in [0, 0.05) is 6.07 Å². The molecular weight excluding hydrogens is 267 g/mol. The minimum absolute atomic E-state index is 0.0651. The van der Waals surface area contributed by atoms with Crippen LogP contribution in [0.1, 0.15) is 18.7 Å². The predicted molar refractivity (Wildman–Crippen MR) is 70.4 cm³/mol. The molecule has 0 aliphatic carbocycles. The van der Waals surface area contributed by atoms with E-state index in [1.165, 1.54) is 19.4 Å². The van der Waals surface area contributed by atoms with E-state index in [1.54, 1.807) is 19.1 Å². The van der Waals surface area contributed by atoms with Crippen molar-refractivity contribution in [1.29, 1.82) is 0 Å². The van der Waals surface area contributed by atoms with Crippen LogP contribution in [0.2, 0.25) is 0 Å². The SMILES string of the molecule is COc1cc(NC(C)c2ccco2)c([N+](=O)[O-])cc1F. The van der Waals surface area contributed by atoms with Crippen LogP contribution in [0.25, 0.3) is 0 Å². The van der Waals surface area contributed by atoms with Crippen LogP contribution in [-0.2, 0) is 0 Å². The molecule has 20 heavy (non-hydrogen) atoms. The van der Waals surface area contributed by atoms with Gasteiger partial charge in [0.25, 0.3) is 5.69 Å². The smallest absolute Gasteiger partial charge is 0.295 e. The second-order valence-electron chi connectivity index (χ2n) is 4.14. The lowest BCUT2D eigenvalue weighted by atomic mass is 10.2. The fourth-order valence-corrected chi connectivity index (χ4v) is 1.81. The zero-order valence-corrected chi connectivity index (χ0v) is 10.9. The predicted octanol–water partition coefficient (Wildman–Crippen LogP) is 3.51. The molecule has 106 valence electrons. The van der Waals surface area contributed by atoms with Crippen molar-refractivity contribution in [2.45, 2.75) is 13.0 Å². The summed E-state index contributed by atoms with van der Waals surface area (Å²) < 4.78 is 23.6. The lowest BCUT2D eigenvalue weighted by Crippen LogP contribution is -2.08. The molecule has 7 heteroatoms. The Kier molecular flexibility index (Phi) is 3.88. The normalized spacial score (nSPS) is 11.9. The first kappa shape index (κ1) is 13.9. The van der Waals surface area contributed by atoms with Crippen molar-refractivity contribution in [3.8, 4) is 5.75 Å². The minimum atomic E-state index is -0.782. The third-order valence-electron chi connectivity index (χ3n) is 2.81. The summed E-state index contributed by atoms with van der Waals surface area (Å²) in [4.78, 5) is 10.3. The Hall–Kier alpha value is -2.57. The molecule has 2 aromatic rings. The van der Waals surface area contributed by atoms with Crippen LogP contribution in [0.15, 0.2) is 34.9 Å². The van der Waals surface area contributed by atoms with Gasteiger partial charge in [-0.3, -0.25) is 10.1 Å². The summed E-state index contributed by atoms with van der Waals surface area (Å²) in [6.45, 7) is 1.78. The summed E-state index contributed by atoms with van der Waals surface area (Å²) in [5.74, 6) is -0.234. The highest BCUT2D eigenvalue weighted by atomic mass is 19.1. The summed E-state index contributed by atoms with van der Waals surface area (Å²) >= 11 is 0. The molecule has 0 fully saturated rings. The van der Waals surface area contributed by atoms with Crippen LogP contribution < -0.4 is 10.1 Å². The lowest BCUT2D eigenvalue weighted by molar-refractivity contribution is -0.384. The highest BCUT2D eigenvalue weighted by Gasteiger charge is 2.21.